The maximum absolute atomic E-state index is 11.9. The van der Waals surface area contributed by atoms with E-state index in [0.717, 1.165) is 5.82 Å². The highest BCUT2D eigenvalue weighted by atomic mass is 79.9. The van der Waals surface area contributed by atoms with Crippen LogP contribution in [0.1, 0.15) is 26.6 Å². The van der Waals surface area contributed by atoms with Gasteiger partial charge in [0.25, 0.3) is 0 Å². The second-order valence-corrected chi connectivity index (χ2v) is 5.66. The summed E-state index contributed by atoms with van der Waals surface area (Å²) in [5, 5.41) is 7.93. The van der Waals surface area contributed by atoms with E-state index in [-0.39, 0.29) is 6.09 Å². The molecule has 0 atom stereocenters. The van der Waals surface area contributed by atoms with Crippen molar-refractivity contribution in [3.05, 3.63) is 10.6 Å². The molecular weight excluding hydrogens is 288 g/mol. The molecule has 0 aliphatic carbocycles. The number of amides is 1. The average Bonchev–Trinajstić information content (AvgIpc) is 2.57. The highest BCUT2D eigenvalue weighted by Gasteiger charge is 2.27. The van der Waals surface area contributed by atoms with Crippen molar-refractivity contribution in [3.63, 3.8) is 0 Å². The summed E-state index contributed by atoms with van der Waals surface area (Å²) < 4.78 is 7.82. The minimum Gasteiger partial charge on any atom is -0.444 e. The van der Waals surface area contributed by atoms with E-state index < -0.39 is 5.60 Å². The lowest BCUT2D eigenvalue weighted by Crippen LogP contribution is -2.42. The molecule has 0 saturated heterocycles. The first kappa shape index (κ1) is 12.3. The molecule has 2 rings (SSSR count). The third-order valence-corrected chi connectivity index (χ3v) is 2.94. The van der Waals surface area contributed by atoms with Crippen LogP contribution >= 0.6 is 15.9 Å². The van der Waals surface area contributed by atoms with Gasteiger partial charge in [0, 0.05) is 13.0 Å². The molecule has 17 heavy (non-hydrogen) atoms. The SMILES string of the molecule is CC(C)(C)OC(=O)N1CCc2nnc(Br)n2C1. The van der Waals surface area contributed by atoms with E-state index in [1.165, 1.54) is 0 Å². The first-order valence-corrected chi connectivity index (χ1v) is 6.21. The molecule has 0 spiro atoms. The van der Waals surface area contributed by atoms with Gasteiger partial charge in [0.2, 0.25) is 4.73 Å². The zero-order valence-corrected chi connectivity index (χ0v) is 11.7. The Labute approximate surface area is 108 Å². The summed E-state index contributed by atoms with van der Waals surface area (Å²) in [6.45, 7) is 6.61. The summed E-state index contributed by atoms with van der Waals surface area (Å²) in [7, 11) is 0. The van der Waals surface area contributed by atoms with Crippen LogP contribution in [0.15, 0.2) is 4.73 Å². The second-order valence-electron chi connectivity index (χ2n) is 4.95. The summed E-state index contributed by atoms with van der Waals surface area (Å²) in [5.74, 6) is 0.886. The maximum atomic E-state index is 11.9. The van der Waals surface area contributed by atoms with Crippen LogP contribution in [-0.2, 0) is 17.8 Å². The van der Waals surface area contributed by atoms with Gasteiger partial charge in [-0.05, 0) is 36.7 Å². The van der Waals surface area contributed by atoms with Gasteiger partial charge in [-0.15, -0.1) is 10.2 Å². The zero-order chi connectivity index (χ0) is 12.6. The Hall–Kier alpha value is -1.11. The molecule has 1 aliphatic heterocycles. The van der Waals surface area contributed by atoms with Crippen LogP contribution in [0.3, 0.4) is 0 Å². The first-order valence-electron chi connectivity index (χ1n) is 5.42. The Kier molecular flexibility index (Phi) is 3.11. The Balaban J connectivity index is 2.07. The molecule has 0 N–H and O–H groups in total. The normalized spacial score (nSPS) is 15.6. The number of carbonyl (C=O) groups is 1. The van der Waals surface area contributed by atoms with Gasteiger partial charge < -0.3 is 4.74 Å². The van der Waals surface area contributed by atoms with E-state index in [1.807, 2.05) is 25.3 Å². The minimum absolute atomic E-state index is 0.302. The van der Waals surface area contributed by atoms with E-state index in [2.05, 4.69) is 26.1 Å². The van der Waals surface area contributed by atoms with Gasteiger partial charge in [-0.1, -0.05) is 0 Å². The lowest BCUT2D eigenvalue weighted by Gasteiger charge is -2.30. The Morgan fingerprint density at radius 2 is 2.12 bits per heavy atom. The smallest absolute Gasteiger partial charge is 0.411 e. The van der Waals surface area contributed by atoms with Crippen molar-refractivity contribution in [1.82, 2.24) is 19.7 Å². The molecule has 1 aromatic heterocycles. The van der Waals surface area contributed by atoms with Crippen molar-refractivity contribution in [2.45, 2.75) is 39.5 Å². The van der Waals surface area contributed by atoms with Crippen LogP contribution in [0, 0.1) is 0 Å². The molecule has 0 radical (unpaired) electrons. The third-order valence-electron chi connectivity index (χ3n) is 2.35. The molecule has 7 heteroatoms. The molecule has 0 unspecified atom stereocenters. The highest BCUT2D eigenvalue weighted by Crippen LogP contribution is 2.18. The summed E-state index contributed by atoms with van der Waals surface area (Å²) >= 11 is 3.30. The largest absolute Gasteiger partial charge is 0.444 e. The quantitative estimate of drug-likeness (QED) is 0.733. The van der Waals surface area contributed by atoms with Gasteiger partial charge >= 0.3 is 6.09 Å². The lowest BCUT2D eigenvalue weighted by molar-refractivity contribution is 0.0159. The van der Waals surface area contributed by atoms with Gasteiger partial charge in [-0.3, -0.25) is 9.47 Å². The van der Waals surface area contributed by atoms with Crippen molar-refractivity contribution in [2.24, 2.45) is 0 Å². The number of carbonyl (C=O) groups excluding carboxylic acids is 1. The second kappa shape index (κ2) is 4.29. The average molecular weight is 303 g/mol. The van der Waals surface area contributed by atoms with Gasteiger partial charge in [0.05, 0.1) is 0 Å². The first-order chi connectivity index (χ1) is 7.87. The Morgan fingerprint density at radius 1 is 1.41 bits per heavy atom. The molecular formula is C10H15BrN4O2. The van der Waals surface area contributed by atoms with E-state index in [1.54, 1.807) is 4.90 Å². The molecule has 1 aliphatic rings. The van der Waals surface area contributed by atoms with E-state index >= 15 is 0 Å². The fraction of sp³-hybridized carbons (Fsp3) is 0.700. The number of fused-ring (bicyclic) bond motifs is 1. The summed E-state index contributed by atoms with van der Waals surface area (Å²) in [4.78, 5) is 13.5. The molecule has 0 bridgehead atoms. The molecule has 94 valence electrons. The molecule has 0 aromatic carbocycles. The van der Waals surface area contributed by atoms with Crippen LogP contribution in [0.4, 0.5) is 4.79 Å². The Bertz CT molecular complexity index is 438. The van der Waals surface area contributed by atoms with Crippen LogP contribution in [0.25, 0.3) is 0 Å². The number of halogens is 1. The number of rotatable bonds is 0. The number of hydrogen-bond acceptors (Lipinski definition) is 4. The molecule has 6 nitrogen and oxygen atoms in total. The van der Waals surface area contributed by atoms with Crippen molar-refractivity contribution in [1.29, 1.82) is 0 Å². The molecule has 0 saturated carbocycles. The molecule has 1 aromatic rings. The molecule has 0 fully saturated rings. The van der Waals surface area contributed by atoms with Gasteiger partial charge in [0.15, 0.2) is 0 Å². The van der Waals surface area contributed by atoms with E-state index in [4.69, 9.17) is 4.74 Å². The van der Waals surface area contributed by atoms with Gasteiger partial charge in [0.1, 0.15) is 18.1 Å². The van der Waals surface area contributed by atoms with Gasteiger partial charge in [-0.2, -0.15) is 0 Å². The minimum atomic E-state index is -0.470. The third kappa shape index (κ3) is 2.77. The Morgan fingerprint density at radius 3 is 2.76 bits per heavy atom. The van der Waals surface area contributed by atoms with Gasteiger partial charge in [-0.25, -0.2) is 4.79 Å². The predicted octanol–water partition coefficient (Wildman–Crippen LogP) is 1.79. The topological polar surface area (TPSA) is 60.2 Å². The van der Waals surface area contributed by atoms with Crippen molar-refractivity contribution in [3.8, 4) is 0 Å². The van der Waals surface area contributed by atoms with E-state index in [0.29, 0.717) is 24.4 Å². The maximum Gasteiger partial charge on any atom is 0.411 e. The highest BCUT2D eigenvalue weighted by molar-refractivity contribution is 9.10. The monoisotopic (exact) mass is 302 g/mol. The van der Waals surface area contributed by atoms with Crippen molar-refractivity contribution < 1.29 is 9.53 Å². The van der Waals surface area contributed by atoms with Crippen LogP contribution in [-0.4, -0.2) is 37.9 Å². The zero-order valence-electron chi connectivity index (χ0n) is 10.1. The van der Waals surface area contributed by atoms with Crippen LogP contribution in [0.5, 0.6) is 0 Å². The fourth-order valence-corrected chi connectivity index (χ4v) is 1.99. The summed E-state index contributed by atoms with van der Waals surface area (Å²) in [5.41, 5.74) is -0.470. The molecule has 2 heterocycles. The van der Waals surface area contributed by atoms with Crippen LogP contribution < -0.4 is 0 Å². The number of aromatic nitrogens is 3. The summed E-state index contributed by atoms with van der Waals surface area (Å²) in [6.07, 6.45) is 0.390. The molecule has 1 amide bonds. The lowest BCUT2D eigenvalue weighted by atomic mass is 10.2. The predicted molar refractivity (Wildman–Crippen MR) is 64.4 cm³/mol. The number of hydrogen-bond donors (Lipinski definition) is 0. The fourth-order valence-electron chi connectivity index (χ4n) is 1.59. The van der Waals surface area contributed by atoms with E-state index in [9.17, 15) is 4.79 Å². The van der Waals surface area contributed by atoms with Crippen LogP contribution in [0.2, 0.25) is 0 Å². The number of nitrogens with zero attached hydrogens (tertiary/aromatic N) is 4. The van der Waals surface area contributed by atoms with Crippen molar-refractivity contribution >= 4 is 22.0 Å². The number of ether oxygens (including phenoxy) is 1. The summed E-state index contributed by atoms with van der Waals surface area (Å²) in [6, 6.07) is 0. The standard InChI is InChI=1S/C10H15BrN4O2/c1-10(2,3)17-9(16)14-5-4-7-12-13-8(11)15(7)6-14/h4-6H2,1-3H3. The van der Waals surface area contributed by atoms with Crippen molar-refractivity contribution in [2.75, 3.05) is 6.54 Å².